The summed E-state index contributed by atoms with van der Waals surface area (Å²) in [5, 5.41) is 0. The van der Waals surface area contributed by atoms with Crippen LogP contribution in [0.5, 0.6) is 0 Å². The minimum Gasteiger partial charge on any atom is -0.0617 e. The largest absolute Gasteiger partial charge is 0.0617 e. The maximum Gasteiger partial charge on any atom is -0.0130 e. The molecule has 4 unspecified atom stereocenters. The Labute approximate surface area is 134 Å². The molecular weight excluding hydrogens is 264 g/mol. The van der Waals surface area contributed by atoms with Gasteiger partial charge in [0.2, 0.25) is 0 Å². The third-order valence-electron chi connectivity index (χ3n) is 6.29. The molecule has 0 spiro atoms. The summed E-state index contributed by atoms with van der Waals surface area (Å²) >= 11 is 0. The van der Waals surface area contributed by atoms with E-state index >= 15 is 0 Å². The molecular formula is C22H26. The van der Waals surface area contributed by atoms with Crippen molar-refractivity contribution in [2.45, 2.75) is 51.9 Å². The number of hydrogen-bond donors (Lipinski definition) is 0. The van der Waals surface area contributed by atoms with Gasteiger partial charge in [-0.3, -0.25) is 0 Å². The molecule has 4 rings (SSSR count). The van der Waals surface area contributed by atoms with Crippen LogP contribution < -0.4 is 0 Å². The number of aryl methyl sites for hydroxylation is 3. The molecule has 4 atom stereocenters. The summed E-state index contributed by atoms with van der Waals surface area (Å²) in [6, 6.07) is 16.4. The van der Waals surface area contributed by atoms with E-state index in [0.29, 0.717) is 0 Å². The fourth-order valence-corrected chi connectivity index (χ4v) is 4.99. The van der Waals surface area contributed by atoms with Crippen LogP contribution in [0.4, 0.5) is 0 Å². The lowest BCUT2D eigenvalue weighted by Crippen LogP contribution is -2.15. The van der Waals surface area contributed by atoms with Crippen molar-refractivity contribution in [3.63, 3.8) is 0 Å². The van der Waals surface area contributed by atoms with Crippen LogP contribution in [0.25, 0.3) is 0 Å². The Balaban J connectivity index is 1.55. The molecule has 2 fully saturated rings. The Kier molecular flexibility index (Phi) is 3.36. The monoisotopic (exact) mass is 290 g/mol. The van der Waals surface area contributed by atoms with Gasteiger partial charge >= 0.3 is 0 Å². The molecule has 0 amide bonds. The molecule has 0 aliphatic heterocycles. The average molecular weight is 290 g/mol. The van der Waals surface area contributed by atoms with Gasteiger partial charge in [-0.05, 0) is 86.0 Å². The quantitative estimate of drug-likeness (QED) is 0.645. The number of fused-ring (bicyclic) bond motifs is 2. The minimum atomic E-state index is 0.811. The van der Waals surface area contributed by atoms with E-state index in [2.05, 4.69) is 63.2 Å². The van der Waals surface area contributed by atoms with Gasteiger partial charge < -0.3 is 0 Å². The lowest BCUT2D eigenvalue weighted by Gasteiger charge is -2.29. The fraction of sp³-hybridized carbons (Fsp3) is 0.455. The van der Waals surface area contributed by atoms with Crippen LogP contribution in [-0.4, -0.2) is 0 Å². The lowest BCUT2D eigenvalue weighted by molar-refractivity contribution is 0.375. The van der Waals surface area contributed by atoms with Crippen LogP contribution in [0, 0.1) is 32.6 Å². The highest BCUT2D eigenvalue weighted by atomic mass is 14.5. The predicted molar refractivity (Wildman–Crippen MR) is 93.4 cm³/mol. The highest BCUT2D eigenvalue weighted by Crippen LogP contribution is 2.59. The van der Waals surface area contributed by atoms with E-state index in [1.807, 2.05) is 0 Å². The van der Waals surface area contributed by atoms with Gasteiger partial charge in [-0.15, -0.1) is 0 Å². The van der Waals surface area contributed by atoms with Crippen molar-refractivity contribution >= 4 is 0 Å². The Morgan fingerprint density at radius 2 is 1.36 bits per heavy atom. The molecule has 2 aromatic rings. The molecule has 2 aliphatic carbocycles. The first kappa shape index (κ1) is 14.1. The van der Waals surface area contributed by atoms with Gasteiger partial charge in [0.25, 0.3) is 0 Å². The molecule has 0 nitrogen and oxygen atoms in total. The number of rotatable bonds is 2. The normalized spacial score (nSPS) is 30.0. The first-order chi connectivity index (χ1) is 10.6. The predicted octanol–water partition coefficient (Wildman–Crippen LogP) is 5.91. The van der Waals surface area contributed by atoms with Crippen LogP contribution >= 0.6 is 0 Å². The van der Waals surface area contributed by atoms with Gasteiger partial charge in [0.05, 0.1) is 0 Å². The summed E-state index contributed by atoms with van der Waals surface area (Å²) in [5.41, 5.74) is 7.47. The van der Waals surface area contributed by atoms with Gasteiger partial charge in [-0.25, -0.2) is 0 Å². The second-order valence-electron chi connectivity index (χ2n) is 7.70. The van der Waals surface area contributed by atoms with Gasteiger partial charge in [0.1, 0.15) is 0 Å². The highest BCUT2D eigenvalue weighted by molar-refractivity contribution is 5.35. The molecule has 0 N–H and O–H groups in total. The molecule has 22 heavy (non-hydrogen) atoms. The lowest BCUT2D eigenvalue weighted by atomic mass is 9.75. The van der Waals surface area contributed by atoms with Crippen LogP contribution in [0.3, 0.4) is 0 Å². The topological polar surface area (TPSA) is 0 Å². The van der Waals surface area contributed by atoms with Crippen molar-refractivity contribution in [3.05, 3.63) is 70.3 Å². The Morgan fingerprint density at radius 3 is 1.95 bits per heavy atom. The third-order valence-corrected chi connectivity index (χ3v) is 6.29. The molecule has 2 aliphatic rings. The molecule has 2 aromatic carbocycles. The summed E-state index contributed by atoms with van der Waals surface area (Å²) in [4.78, 5) is 0. The molecule has 2 bridgehead atoms. The first-order valence-corrected chi connectivity index (χ1v) is 8.75. The molecule has 0 saturated heterocycles. The zero-order valence-electron chi connectivity index (χ0n) is 14.0. The summed E-state index contributed by atoms with van der Waals surface area (Å²) < 4.78 is 0. The van der Waals surface area contributed by atoms with Gasteiger partial charge in [-0.1, -0.05) is 48.0 Å². The van der Waals surface area contributed by atoms with Crippen molar-refractivity contribution in [3.8, 4) is 0 Å². The zero-order chi connectivity index (χ0) is 15.3. The summed E-state index contributed by atoms with van der Waals surface area (Å²) in [7, 11) is 0. The maximum absolute atomic E-state index is 2.45. The Hall–Kier alpha value is -1.56. The maximum atomic E-state index is 2.45. The van der Waals surface area contributed by atoms with Crippen molar-refractivity contribution in [1.29, 1.82) is 0 Å². The summed E-state index contributed by atoms with van der Waals surface area (Å²) in [6.45, 7) is 6.68. The van der Waals surface area contributed by atoms with Gasteiger partial charge in [-0.2, -0.15) is 0 Å². The summed E-state index contributed by atoms with van der Waals surface area (Å²) in [5.74, 6) is 3.43. The van der Waals surface area contributed by atoms with E-state index in [0.717, 1.165) is 23.7 Å². The van der Waals surface area contributed by atoms with E-state index in [1.54, 1.807) is 11.1 Å². The average Bonchev–Trinajstić information content (AvgIpc) is 3.10. The van der Waals surface area contributed by atoms with E-state index in [9.17, 15) is 0 Å². The van der Waals surface area contributed by atoms with Crippen molar-refractivity contribution in [2.75, 3.05) is 0 Å². The molecule has 0 radical (unpaired) electrons. The third kappa shape index (κ3) is 2.29. The Morgan fingerprint density at radius 1 is 0.682 bits per heavy atom. The summed E-state index contributed by atoms with van der Waals surface area (Å²) in [6.07, 6.45) is 4.23. The standard InChI is InChI=1S/C22H26/c1-14-5-4-6-17(9-14)21-12-20-11-19(21)13-22(20)18-8-7-15(2)16(3)10-18/h4-10,19-22H,11-13H2,1-3H3. The van der Waals surface area contributed by atoms with E-state index in [4.69, 9.17) is 0 Å². The van der Waals surface area contributed by atoms with Gasteiger partial charge in [0.15, 0.2) is 0 Å². The Bertz CT molecular complexity index is 697. The SMILES string of the molecule is Cc1cccc(C2CC3CC2CC3c2ccc(C)c(C)c2)c1. The molecule has 0 heteroatoms. The number of benzene rings is 2. The first-order valence-electron chi connectivity index (χ1n) is 8.75. The van der Waals surface area contributed by atoms with Crippen LogP contribution in [0.1, 0.15) is 58.9 Å². The van der Waals surface area contributed by atoms with Crippen molar-refractivity contribution < 1.29 is 0 Å². The molecule has 2 saturated carbocycles. The van der Waals surface area contributed by atoms with Crippen LogP contribution in [-0.2, 0) is 0 Å². The van der Waals surface area contributed by atoms with E-state index < -0.39 is 0 Å². The molecule has 0 aromatic heterocycles. The van der Waals surface area contributed by atoms with Gasteiger partial charge in [0, 0.05) is 0 Å². The zero-order valence-corrected chi connectivity index (χ0v) is 14.0. The van der Waals surface area contributed by atoms with E-state index in [1.165, 1.54) is 36.0 Å². The van der Waals surface area contributed by atoms with E-state index in [-0.39, 0.29) is 0 Å². The molecule has 114 valence electrons. The van der Waals surface area contributed by atoms with Crippen molar-refractivity contribution in [1.82, 2.24) is 0 Å². The van der Waals surface area contributed by atoms with Crippen LogP contribution in [0.15, 0.2) is 42.5 Å². The number of hydrogen-bond acceptors (Lipinski definition) is 0. The van der Waals surface area contributed by atoms with Crippen molar-refractivity contribution in [2.24, 2.45) is 11.8 Å². The smallest absolute Gasteiger partial charge is 0.0130 e. The minimum absolute atomic E-state index is 0.811. The second kappa shape index (κ2) is 5.26. The highest BCUT2D eigenvalue weighted by Gasteiger charge is 2.46. The molecule has 0 heterocycles. The van der Waals surface area contributed by atoms with Crippen LogP contribution in [0.2, 0.25) is 0 Å². The fourth-order valence-electron chi connectivity index (χ4n) is 4.99. The second-order valence-corrected chi connectivity index (χ2v) is 7.70.